The first-order chi connectivity index (χ1) is 17.2. The van der Waals surface area contributed by atoms with Gasteiger partial charge >= 0.3 is 0 Å². The fourth-order valence-corrected chi connectivity index (χ4v) is 6.07. The first-order valence-electron chi connectivity index (χ1n) is 12.4. The van der Waals surface area contributed by atoms with E-state index < -0.39 is 0 Å². The lowest BCUT2D eigenvalue weighted by Gasteiger charge is -2.18. The zero-order chi connectivity index (χ0) is 23.4. The number of amides is 1. The van der Waals surface area contributed by atoms with Gasteiger partial charge in [-0.05, 0) is 60.6 Å². The molecular weight excluding hydrogens is 452 g/mol. The molecule has 2 aliphatic rings. The molecule has 1 saturated carbocycles. The average Bonchev–Trinajstić information content (AvgIpc) is 3.30. The van der Waals surface area contributed by atoms with Gasteiger partial charge in [-0.3, -0.25) is 4.79 Å². The standard InChI is InChI=1S/C29H26N4OS/c34-29(22-9-10-22)32-14-13-19(16-32)17-33-26-4-2-1-3-24(26)31-28(33)21-7-5-20(6-8-21)23-11-12-25-27(15-23)35-18-30-25/h1-8,11-12,15,18-19,22H,9-10,13-14,16-17H2/t19-/m0/s1. The summed E-state index contributed by atoms with van der Waals surface area (Å²) in [5.41, 5.74) is 8.64. The molecule has 1 aliphatic heterocycles. The Labute approximate surface area is 208 Å². The third-order valence-corrected chi connectivity index (χ3v) is 8.22. The Morgan fingerprint density at radius 3 is 2.57 bits per heavy atom. The number of hydrogen-bond acceptors (Lipinski definition) is 4. The number of likely N-dealkylation sites (tertiary alicyclic amines) is 1. The third kappa shape index (κ3) is 3.82. The quantitative estimate of drug-likeness (QED) is 0.300. The molecular formula is C29H26N4OS. The van der Waals surface area contributed by atoms with Crippen molar-refractivity contribution in [2.75, 3.05) is 13.1 Å². The Bertz CT molecular complexity index is 1550. The van der Waals surface area contributed by atoms with Crippen LogP contribution in [0.1, 0.15) is 19.3 Å². The molecule has 1 atom stereocenters. The van der Waals surface area contributed by atoms with Gasteiger partial charge in [0.2, 0.25) is 5.91 Å². The molecule has 1 amide bonds. The molecule has 174 valence electrons. The number of para-hydroxylation sites is 2. The molecule has 0 spiro atoms. The summed E-state index contributed by atoms with van der Waals surface area (Å²) in [6, 6.07) is 23.6. The van der Waals surface area contributed by atoms with Crippen molar-refractivity contribution in [2.45, 2.75) is 25.8 Å². The van der Waals surface area contributed by atoms with Crippen LogP contribution in [0.15, 0.2) is 72.2 Å². The van der Waals surface area contributed by atoms with Crippen LogP contribution in [0.3, 0.4) is 0 Å². The number of imidazole rings is 1. The second kappa shape index (κ2) is 8.31. The molecule has 7 rings (SSSR count). The summed E-state index contributed by atoms with van der Waals surface area (Å²) in [6.45, 7) is 2.63. The summed E-state index contributed by atoms with van der Waals surface area (Å²) < 4.78 is 3.57. The molecule has 0 N–H and O–H groups in total. The number of thiazole rings is 1. The van der Waals surface area contributed by atoms with Gasteiger partial charge < -0.3 is 9.47 Å². The Kier molecular flexibility index (Phi) is 4.94. The van der Waals surface area contributed by atoms with Crippen molar-refractivity contribution in [2.24, 2.45) is 11.8 Å². The Balaban J connectivity index is 1.19. The predicted molar refractivity (Wildman–Crippen MR) is 141 cm³/mol. The topological polar surface area (TPSA) is 51.0 Å². The normalized spacial score (nSPS) is 18.1. The number of fused-ring (bicyclic) bond motifs is 2. The van der Waals surface area contributed by atoms with Crippen LogP contribution in [-0.2, 0) is 11.3 Å². The molecule has 1 aliphatic carbocycles. The second-order valence-corrected chi connectivity index (χ2v) is 10.7. The van der Waals surface area contributed by atoms with E-state index in [1.807, 2.05) is 11.6 Å². The zero-order valence-corrected chi connectivity index (χ0v) is 20.2. The maximum Gasteiger partial charge on any atom is 0.225 e. The molecule has 3 heterocycles. The van der Waals surface area contributed by atoms with E-state index in [0.29, 0.717) is 17.7 Å². The monoisotopic (exact) mass is 478 g/mol. The lowest BCUT2D eigenvalue weighted by atomic mass is 10.0. The third-order valence-electron chi connectivity index (χ3n) is 7.43. The molecule has 2 aromatic heterocycles. The maximum absolute atomic E-state index is 12.6. The van der Waals surface area contributed by atoms with Gasteiger partial charge in [-0.2, -0.15) is 0 Å². The number of benzene rings is 3. The minimum absolute atomic E-state index is 0.300. The lowest BCUT2D eigenvalue weighted by molar-refractivity contribution is -0.131. The van der Waals surface area contributed by atoms with Crippen LogP contribution in [-0.4, -0.2) is 38.4 Å². The van der Waals surface area contributed by atoms with Crippen molar-refractivity contribution in [3.8, 4) is 22.5 Å². The molecule has 5 nitrogen and oxygen atoms in total. The fraction of sp³-hybridized carbons (Fsp3) is 0.276. The Morgan fingerprint density at radius 1 is 0.914 bits per heavy atom. The van der Waals surface area contributed by atoms with Gasteiger partial charge in [0.25, 0.3) is 0 Å². The minimum atomic E-state index is 0.300. The van der Waals surface area contributed by atoms with E-state index in [1.54, 1.807) is 11.3 Å². The predicted octanol–water partition coefficient (Wildman–Crippen LogP) is 6.24. The van der Waals surface area contributed by atoms with E-state index in [2.05, 4.69) is 75.1 Å². The SMILES string of the molecule is O=C(C1CC1)N1CC[C@H](Cn2c(-c3ccc(-c4ccc5ncsc5c4)cc3)nc3ccccc32)C1. The fourth-order valence-electron chi connectivity index (χ4n) is 5.36. The van der Waals surface area contributed by atoms with E-state index in [-0.39, 0.29) is 0 Å². The molecule has 5 aromatic rings. The van der Waals surface area contributed by atoms with Crippen LogP contribution in [0, 0.1) is 11.8 Å². The van der Waals surface area contributed by atoms with Crippen LogP contribution in [0.25, 0.3) is 43.8 Å². The van der Waals surface area contributed by atoms with E-state index in [4.69, 9.17) is 4.98 Å². The molecule has 1 saturated heterocycles. The second-order valence-electron chi connectivity index (χ2n) is 9.86. The highest BCUT2D eigenvalue weighted by molar-refractivity contribution is 7.16. The average molecular weight is 479 g/mol. The number of rotatable bonds is 5. The summed E-state index contributed by atoms with van der Waals surface area (Å²) in [6.07, 6.45) is 3.21. The van der Waals surface area contributed by atoms with Crippen LogP contribution in [0.5, 0.6) is 0 Å². The largest absolute Gasteiger partial charge is 0.342 e. The smallest absolute Gasteiger partial charge is 0.225 e. The van der Waals surface area contributed by atoms with Gasteiger partial charge in [-0.1, -0.05) is 42.5 Å². The minimum Gasteiger partial charge on any atom is -0.342 e. The highest BCUT2D eigenvalue weighted by Gasteiger charge is 2.36. The number of carbonyl (C=O) groups excluding carboxylic acids is 1. The molecule has 35 heavy (non-hydrogen) atoms. The maximum atomic E-state index is 12.6. The number of hydrogen-bond donors (Lipinski definition) is 0. The van der Waals surface area contributed by atoms with Crippen molar-refractivity contribution in [1.82, 2.24) is 19.4 Å². The van der Waals surface area contributed by atoms with E-state index >= 15 is 0 Å². The number of nitrogens with zero attached hydrogens (tertiary/aromatic N) is 4. The summed E-state index contributed by atoms with van der Waals surface area (Å²) in [5.74, 6) is 2.13. The van der Waals surface area contributed by atoms with Crippen molar-refractivity contribution in [3.05, 3.63) is 72.2 Å². The summed E-state index contributed by atoms with van der Waals surface area (Å²) >= 11 is 1.67. The van der Waals surface area contributed by atoms with Crippen LogP contribution < -0.4 is 0 Å². The lowest BCUT2D eigenvalue weighted by Crippen LogP contribution is -2.30. The zero-order valence-electron chi connectivity index (χ0n) is 19.4. The summed E-state index contributed by atoms with van der Waals surface area (Å²) in [4.78, 5) is 24.1. The first kappa shape index (κ1) is 20.8. The van der Waals surface area contributed by atoms with Crippen LogP contribution in [0.4, 0.5) is 0 Å². The van der Waals surface area contributed by atoms with Crippen molar-refractivity contribution in [1.29, 1.82) is 0 Å². The number of aromatic nitrogens is 3. The molecule has 2 fully saturated rings. The molecule has 0 unspecified atom stereocenters. The summed E-state index contributed by atoms with van der Waals surface area (Å²) in [7, 11) is 0. The van der Waals surface area contributed by atoms with Gasteiger partial charge in [-0.25, -0.2) is 9.97 Å². The van der Waals surface area contributed by atoms with Crippen molar-refractivity contribution < 1.29 is 4.79 Å². The molecule has 6 heteroatoms. The Morgan fingerprint density at radius 2 is 1.71 bits per heavy atom. The molecule has 0 radical (unpaired) electrons. The van der Waals surface area contributed by atoms with Crippen LogP contribution in [0.2, 0.25) is 0 Å². The van der Waals surface area contributed by atoms with Gasteiger partial charge in [0.1, 0.15) is 5.82 Å². The molecule has 0 bridgehead atoms. The van der Waals surface area contributed by atoms with Crippen molar-refractivity contribution in [3.63, 3.8) is 0 Å². The van der Waals surface area contributed by atoms with E-state index in [9.17, 15) is 4.79 Å². The van der Waals surface area contributed by atoms with Gasteiger partial charge in [0.05, 0.1) is 26.8 Å². The van der Waals surface area contributed by atoms with Gasteiger partial charge in [0.15, 0.2) is 0 Å². The highest BCUT2D eigenvalue weighted by atomic mass is 32.1. The van der Waals surface area contributed by atoms with Gasteiger partial charge in [-0.15, -0.1) is 11.3 Å². The van der Waals surface area contributed by atoms with Crippen LogP contribution >= 0.6 is 11.3 Å². The van der Waals surface area contributed by atoms with E-state index in [0.717, 1.165) is 66.8 Å². The first-order valence-corrected chi connectivity index (χ1v) is 13.3. The number of carbonyl (C=O) groups is 1. The van der Waals surface area contributed by atoms with Gasteiger partial charge in [0, 0.05) is 31.1 Å². The summed E-state index contributed by atoms with van der Waals surface area (Å²) in [5, 5.41) is 0. The Hall–Kier alpha value is -3.51. The van der Waals surface area contributed by atoms with Crippen molar-refractivity contribution >= 4 is 38.5 Å². The highest BCUT2D eigenvalue weighted by Crippen LogP contribution is 2.34. The molecule has 3 aromatic carbocycles. The van der Waals surface area contributed by atoms with E-state index in [1.165, 1.54) is 15.8 Å².